The highest BCUT2D eigenvalue weighted by Crippen LogP contribution is 2.28. The van der Waals surface area contributed by atoms with E-state index in [0.717, 1.165) is 13.0 Å². The molecule has 10 heavy (non-hydrogen) atoms. The van der Waals surface area contributed by atoms with Gasteiger partial charge in [-0.1, -0.05) is 0 Å². The number of hydrogen-bond acceptors (Lipinski definition) is 3. The Bertz CT molecular complexity index is 130. The summed E-state index contributed by atoms with van der Waals surface area (Å²) in [6.07, 6.45) is 1.70. The molecule has 0 N–H and O–H groups in total. The van der Waals surface area contributed by atoms with Crippen LogP contribution in [0.25, 0.3) is 0 Å². The Balaban J connectivity index is 2.01. The van der Waals surface area contributed by atoms with Gasteiger partial charge in [0.1, 0.15) is 35.2 Å². The van der Waals surface area contributed by atoms with Crippen LogP contribution in [0.2, 0.25) is 0 Å². The third kappa shape index (κ3) is 1.07. The normalized spacial score (nSPS) is 45.9. The number of fused-ring (bicyclic) bond motifs is 1. The predicted octanol–water partition coefficient (Wildman–Crippen LogP) is 0.909. The molecule has 3 atom stereocenters. The molecule has 2 rings (SSSR count). The highest BCUT2D eigenvalue weighted by molar-refractivity contribution is 14.1. The van der Waals surface area contributed by atoms with Crippen molar-refractivity contribution in [3.8, 4) is 0 Å². The fourth-order valence-electron chi connectivity index (χ4n) is 1.51. The second kappa shape index (κ2) is 2.92. The van der Waals surface area contributed by atoms with Gasteiger partial charge >= 0.3 is 0 Å². The van der Waals surface area contributed by atoms with Crippen LogP contribution in [0, 0.1) is 0 Å². The first-order chi connectivity index (χ1) is 4.92. The van der Waals surface area contributed by atoms with Gasteiger partial charge < -0.3 is 12.5 Å². The zero-order valence-corrected chi connectivity index (χ0v) is 7.61. The molecule has 0 radical (unpaired) electrons. The molecule has 0 saturated carbocycles. The number of ether oxygens (including phenoxy) is 2. The van der Waals surface area contributed by atoms with Gasteiger partial charge in [0.05, 0.1) is 12.7 Å². The van der Waals surface area contributed by atoms with Crippen molar-refractivity contribution >= 4 is 23.0 Å². The number of rotatable bonds is 1. The van der Waals surface area contributed by atoms with E-state index in [1.807, 2.05) is 23.0 Å². The molecule has 0 aromatic heterocycles. The summed E-state index contributed by atoms with van der Waals surface area (Å²) in [6.45, 7) is 1.52. The van der Waals surface area contributed by atoms with Gasteiger partial charge in [-0.3, -0.25) is 0 Å². The Kier molecular flexibility index (Phi) is 2.13. The third-order valence-corrected chi connectivity index (χ3v) is 2.69. The van der Waals surface area contributed by atoms with Gasteiger partial charge in [0.15, 0.2) is 0 Å². The molecule has 2 saturated heterocycles. The molecular formula is C6H9IO3. The smallest absolute Gasteiger partial charge is 0.122 e. The molecule has 2 aliphatic rings. The first-order valence-electron chi connectivity index (χ1n) is 3.42. The first-order valence-corrected chi connectivity index (χ1v) is 4.30. The summed E-state index contributed by atoms with van der Waals surface area (Å²) < 4.78 is 16.0. The summed E-state index contributed by atoms with van der Waals surface area (Å²) >= 11 is 1.91. The molecule has 2 heterocycles. The largest absolute Gasteiger partial charge is 0.373 e. The summed E-state index contributed by atoms with van der Waals surface area (Å²) in [5, 5.41) is 0. The lowest BCUT2D eigenvalue weighted by Gasteiger charge is -2.11. The summed E-state index contributed by atoms with van der Waals surface area (Å²) in [6, 6.07) is 0. The summed E-state index contributed by atoms with van der Waals surface area (Å²) in [7, 11) is 0. The van der Waals surface area contributed by atoms with Crippen molar-refractivity contribution < 1.29 is 12.5 Å². The molecule has 0 spiro atoms. The maximum atomic E-state index is 5.43. The van der Waals surface area contributed by atoms with E-state index in [1.54, 1.807) is 0 Å². The summed E-state index contributed by atoms with van der Waals surface area (Å²) in [4.78, 5) is 0. The third-order valence-electron chi connectivity index (χ3n) is 2.03. The number of halogens is 1. The standard InChI is InChI=1S/C6H9IO3/c7-10-5-3-9-4-1-2-8-6(4)5/h4-6H,1-3H2. The van der Waals surface area contributed by atoms with E-state index < -0.39 is 0 Å². The van der Waals surface area contributed by atoms with Gasteiger partial charge in [0.2, 0.25) is 0 Å². The van der Waals surface area contributed by atoms with Crippen molar-refractivity contribution in [1.82, 2.24) is 0 Å². The van der Waals surface area contributed by atoms with Crippen LogP contribution in [0.1, 0.15) is 6.42 Å². The van der Waals surface area contributed by atoms with Crippen LogP contribution in [0.4, 0.5) is 0 Å². The van der Waals surface area contributed by atoms with Crippen molar-refractivity contribution in [3.63, 3.8) is 0 Å². The van der Waals surface area contributed by atoms with Gasteiger partial charge in [-0.15, -0.1) is 0 Å². The topological polar surface area (TPSA) is 27.7 Å². The van der Waals surface area contributed by atoms with Gasteiger partial charge in [0.25, 0.3) is 0 Å². The lowest BCUT2D eigenvalue weighted by molar-refractivity contribution is 0.0470. The van der Waals surface area contributed by atoms with Gasteiger partial charge in [-0.2, -0.15) is 0 Å². The van der Waals surface area contributed by atoms with Crippen molar-refractivity contribution in [2.45, 2.75) is 24.7 Å². The van der Waals surface area contributed by atoms with Crippen molar-refractivity contribution in [1.29, 1.82) is 0 Å². The monoisotopic (exact) mass is 256 g/mol. The highest BCUT2D eigenvalue weighted by atomic mass is 127. The van der Waals surface area contributed by atoms with Crippen LogP contribution >= 0.6 is 23.0 Å². The second-order valence-corrected chi connectivity index (χ2v) is 3.13. The Hall–Kier alpha value is 0.610. The Labute approximate surface area is 73.7 Å². The van der Waals surface area contributed by atoms with E-state index in [2.05, 4.69) is 0 Å². The van der Waals surface area contributed by atoms with Gasteiger partial charge in [0, 0.05) is 6.61 Å². The van der Waals surface area contributed by atoms with Crippen LogP contribution in [0.15, 0.2) is 0 Å². The molecule has 0 aliphatic carbocycles. The lowest BCUT2D eigenvalue weighted by Crippen LogP contribution is -2.27. The van der Waals surface area contributed by atoms with Crippen LogP contribution in [-0.4, -0.2) is 31.5 Å². The molecule has 0 aromatic rings. The molecule has 3 nitrogen and oxygen atoms in total. The molecule has 2 fully saturated rings. The highest BCUT2D eigenvalue weighted by Gasteiger charge is 2.42. The average molecular weight is 256 g/mol. The first kappa shape index (κ1) is 7.27. The minimum Gasteiger partial charge on any atom is -0.373 e. The molecule has 0 bridgehead atoms. The van der Waals surface area contributed by atoms with Crippen molar-refractivity contribution in [3.05, 3.63) is 0 Å². The molecule has 0 aromatic carbocycles. The molecule has 2 aliphatic heterocycles. The molecule has 58 valence electrons. The van der Waals surface area contributed by atoms with Crippen molar-refractivity contribution in [2.75, 3.05) is 13.2 Å². The fraction of sp³-hybridized carbons (Fsp3) is 1.00. The molecular weight excluding hydrogens is 247 g/mol. The Morgan fingerprint density at radius 2 is 2.30 bits per heavy atom. The van der Waals surface area contributed by atoms with Gasteiger partial charge in [-0.05, 0) is 6.42 Å². The van der Waals surface area contributed by atoms with E-state index in [4.69, 9.17) is 12.5 Å². The van der Waals surface area contributed by atoms with Gasteiger partial charge in [-0.25, -0.2) is 0 Å². The van der Waals surface area contributed by atoms with Crippen molar-refractivity contribution in [2.24, 2.45) is 0 Å². The molecule has 4 heteroatoms. The SMILES string of the molecule is IOC1COC2CCOC12. The quantitative estimate of drug-likeness (QED) is 0.652. The average Bonchev–Trinajstić information content (AvgIpc) is 2.44. The predicted molar refractivity (Wildman–Crippen MR) is 43.0 cm³/mol. The Morgan fingerprint density at radius 3 is 3.10 bits per heavy atom. The maximum absolute atomic E-state index is 5.43. The van der Waals surface area contributed by atoms with Crippen LogP contribution in [-0.2, 0) is 12.5 Å². The lowest BCUT2D eigenvalue weighted by atomic mass is 10.1. The minimum absolute atomic E-state index is 0.160. The van der Waals surface area contributed by atoms with E-state index in [-0.39, 0.29) is 12.2 Å². The minimum atomic E-state index is 0.160. The molecule has 0 amide bonds. The van der Waals surface area contributed by atoms with E-state index in [9.17, 15) is 0 Å². The van der Waals surface area contributed by atoms with E-state index in [0.29, 0.717) is 12.7 Å². The fourth-order valence-corrected chi connectivity index (χ4v) is 1.94. The van der Waals surface area contributed by atoms with Crippen LogP contribution < -0.4 is 0 Å². The van der Waals surface area contributed by atoms with Crippen LogP contribution in [0.3, 0.4) is 0 Å². The summed E-state index contributed by atoms with van der Waals surface area (Å²) in [5.74, 6) is 0. The maximum Gasteiger partial charge on any atom is 0.122 e. The summed E-state index contributed by atoms with van der Waals surface area (Å²) in [5.41, 5.74) is 0. The zero-order valence-electron chi connectivity index (χ0n) is 5.46. The number of hydrogen-bond donors (Lipinski definition) is 0. The van der Waals surface area contributed by atoms with E-state index >= 15 is 0 Å². The second-order valence-electron chi connectivity index (χ2n) is 2.62. The zero-order chi connectivity index (χ0) is 6.97. The molecule has 3 unspecified atom stereocenters. The van der Waals surface area contributed by atoms with E-state index in [1.165, 1.54) is 0 Å². The van der Waals surface area contributed by atoms with Crippen LogP contribution in [0.5, 0.6) is 0 Å². The Morgan fingerprint density at radius 1 is 1.40 bits per heavy atom.